The van der Waals surface area contributed by atoms with E-state index in [4.69, 9.17) is 0 Å². The smallest absolute Gasteiger partial charge is 0.242 e. The number of halogens is 1. The number of hydrazine groups is 1. The van der Waals surface area contributed by atoms with E-state index in [0.717, 1.165) is 23.2 Å². The van der Waals surface area contributed by atoms with E-state index in [2.05, 4.69) is 10.9 Å². The van der Waals surface area contributed by atoms with Gasteiger partial charge in [-0.2, -0.15) is 0 Å². The lowest BCUT2D eigenvalue weighted by atomic mass is 10.1. The van der Waals surface area contributed by atoms with Gasteiger partial charge in [0.15, 0.2) is 0 Å². The molecule has 2 N–H and O–H groups in total. The van der Waals surface area contributed by atoms with Crippen molar-refractivity contribution in [3.63, 3.8) is 0 Å². The average Bonchev–Trinajstić information content (AvgIpc) is 2.53. The van der Waals surface area contributed by atoms with Crippen LogP contribution in [0.5, 0.6) is 0 Å². The van der Waals surface area contributed by atoms with Crippen LogP contribution in [-0.4, -0.2) is 5.91 Å². The molecule has 3 nitrogen and oxygen atoms in total. The second kappa shape index (κ2) is 7.98. The highest BCUT2D eigenvalue weighted by molar-refractivity contribution is 5.79. The summed E-state index contributed by atoms with van der Waals surface area (Å²) in [5.74, 6) is -0.414. The van der Waals surface area contributed by atoms with Gasteiger partial charge in [-0.3, -0.25) is 15.6 Å². The Hall–Kier alpha value is -2.62. The Bertz CT molecular complexity index is 636. The number of amides is 1. The van der Waals surface area contributed by atoms with Crippen LogP contribution in [0.1, 0.15) is 24.5 Å². The predicted octanol–water partition coefficient (Wildman–Crippen LogP) is 3.44. The molecule has 2 rings (SSSR count). The molecule has 0 aliphatic rings. The Morgan fingerprint density at radius 2 is 1.73 bits per heavy atom. The first-order valence-electron chi connectivity index (χ1n) is 7.24. The molecule has 0 atom stereocenters. The lowest BCUT2D eigenvalue weighted by Gasteiger charge is -2.13. The third-order valence-corrected chi connectivity index (χ3v) is 3.11. The standard InChI is InChI=1S/C18H19FN2O/c1-2-6-17(15-9-11-16(19)12-10-15)20-21-18(22)13-14-7-4-3-5-8-14/h3-12,20H,2,13H2,1H3,(H,21,22). The lowest BCUT2D eigenvalue weighted by molar-refractivity contribution is -0.121. The van der Waals surface area contributed by atoms with Crippen LogP contribution in [0.15, 0.2) is 60.7 Å². The minimum Gasteiger partial charge on any atom is -0.298 e. The van der Waals surface area contributed by atoms with E-state index in [1.807, 2.05) is 43.3 Å². The Morgan fingerprint density at radius 3 is 2.36 bits per heavy atom. The van der Waals surface area contributed by atoms with Crippen LogP contribution in [0.2, 0.25) is 0 Å². The summed E-state index contributed by atoms with van der Waals surface area (Å²) in [5, 5.41) is 0. The van der Waals surface area contributed by atoms with Crippen molar-refractivity contribution in [2.75, 3.05) is 0 Å². The number of allylic oxidation sites excluding steroid dienone is 1. The van der Waals surface area contributed by atoms with Crippen molar-refractivity contribution < 1.29 is 9.18 Å². The first-order chi connectivity index (χ1) is 10.7. The zero-order valence-electron chi connectivity index (χ0n) is 12.5. The number of rotatable bonds is 6. The lowest BCUT2D eigenvalue weighted by Crippen LogP contribution is -2.37. The van der Waals surface area contributed by atoms with E-state index in [0.29, 0.717) is 6.42 Å². The monoisotopic (exact) mass is 298 g/mol. The molecule has 0 unspecified atom stereocenters. The van der Waals surface area contributed by atoms with Crippen LogP contribution in [-0.2, 0) is 11.2 Å². The third kappa shape index (κ3) is 4.74. The van der Waals surface area contributed by atoms with Gasteiger partial charge in [-0.15, -0.1) is 0 Å². The zero-order valence-corrected chi connectivity index (χ0v) is 12.5. The van der Waals surface area contributed by atoms with Crippen molar-refractivity contribution in [1.29, 1.82) is 0 Å². The van der Waals surface area contributed by atoms with Crippen LogP contribution in [0.25, 0.3) is 5.70 Å². The summed E-state index contributed by atoms with van der Waals surface area (Å²) >= 11 is 0. The Morgan fingerprint density at radius 1 is 1.05 bits per heavy atom. The maximum Gasteiger partial charge on any atom is 0.242 e. The molecule has 114 valence electrons. The molecule has 0 heterocycles. The van der Waals surface area contributed by atoms with E-state index in [1.165, 1.54) is 12.1 Å². The Labute approximate surface area is 129 Å². The Kier molecular flexibility index (Phi) is 5.72. The highest BCUT2D eigenvalue weighted by Crippen LogP contribution is 2.12. The van der Waals surface area contributed by atoms with Crippen LogP contribution in [0.3, 0.4) is 0 Å². The quantitative estimate of drug-likeness (QED) is 0.802. The fraction of sp³-hybridized carbons (Fsp3) is 0.167. The zero-order chi connectivity index (χ0) is 15.8. The summed E-state index contributed by atoms with van der Waals surface area (Å²) in [6.07, 6.45) is 3.04. The van der Waals surface area contributed by atoms with Crippen molar-refractivity contribution in [3.8, 4) is 0 Å². The molecule has 22 heavy (non-hydrogen) atoms. The van der Waals surface area contributed by atoms with Crippen LogP contribution < -0.4 is 10.9 Å². The molecule has 2 aromatic rings. The molecule has 0 spiro atoms. The molecule has 0 saturated heterocycles. The first-order valence-corrected chi connectivity index (χ1v) is 7.24. The fourth-order valence-electron chi connectivity index (χ4n) is 2.04. The molecular formula is C18H19FN2O. The van der Waals surface area contributed by atoms with Crippen LogP contribution in [0.4, 0.5) is 4.39 Å². The summed E-state index contributed by atoms with van der Waals surface area (Å²) in [7, 11) is 0. The summed E-state index contributed by atoms with van der Waals surface area (Å²) in [4.78, 5) is 11.9. The van der Waals surface area contributed by atoms with Gasteiger partial charge in [0.1, 0.15) is 5.82 Å². The van der Waals surface area contributed by atoms with Crippen molar-refractivity contribution in [2.24, 2.45) is 0 Å². The molecule has 0 radical (unpaired) electrons. The fourth-order valence-corrected chi connectivity index (χ4v) is 2.04. The van der Waals surface area contributed by atoms with Gasteiger partial charge in [-0.1, -0.05) is 43.3 Å². The number of hydrogen-bond acceptors (Lipinski definition) is 2. The molecule has 0 fully saturated rings. The third-order valence-electron chi connectivity index (χ3n) is 3.11. The van der Waals surface area contributed by atoms with Gasteiger partial charge in [0.05, 0.1) is 12.1 Å². The van der Waals surface area contributed by atoms with E-state index in [9.17, 15) is 9.18 Å². The van der Waals surface area contributed by atoms with Crippen molar-refractivity contribution in [2.45, 2.75) is 19.8 Å². The highest BCUT2D eigenvalue weighted by Gasteiger charge is 2.05. The molecule has 0 aliphatic carbocycles. The molecule has 1 amide bonds. The number of carbonyl (C=O) groups excluding carboxylic acids is 1. The van der Waals surface area contributed by atoms with E-state index >= 15 is 0 Å². The van der Waals surface area contributed by atoms with Crippen molar-refractivity contribution >= 4 is 11.6 Å². The number of benzene rings is 2. The van der Waals surface area contributed by atoms with Gasteiger partial charge in [-0.05, 0) is 41.8 Å². The van der Waals surface area contributed by atoms with Crippen LogP contribution in [0, 0.1) is 5.82 Å². The van der Waals surface area contributed by atoms with Gasteiger partial charge in [0.2, 0.25) is 5.91 Å². The minimum absolute atomic E-state index is 0.129. The highest BCUT2D eigenvalue weighted by atomic mass is 19.1. The molecule has 4 heteroatoms. The number of carbonyl (C=O) groups is 1. The van der Waals surface area contributed by atoms with Crippen LogP contribution >= 0.6 is 0 Å². The van der Waals surface area contributed by atoms with E-state index < -0.39 is 0 Å². The van der Waals surface area contributed by atoms with Crippen molar-refractivity contribution in [1.82, 2.24) is 10.9 Å². The van der Waals surface area contributed by atoms with E-state index in [-0.39, 0.29) is 11.7 Å². The molecule has 0 bridgehead atoms. The minimum atomic E-state index is -0.285. The second-order valence-corrected chi connectivity index (χ2v) is 4.87. The molecule has 2 aromatic carbocycles. The topological polar surface area (TPSA) is 41.1 Å². The normalized spacial score (nSPS) is 11.1. The molecule has 0 saturated carbocycles. The number of nitrogens with one attached hydrogen (secondary N) is 2. The van der Waals surface area contributed by atoms with E-state index in [1.54, 1.807) is 12.1 Å². The largest absolute Gasteiger partial charge is 0.298 e. The van der Waals surface area contributed by atoms with Gasteiger partial charge in [0, 0.05) is 0 Å². The SMILES string of the molecule is CCC=C(NNC(=O)Cc1ccccc1)c1ccc(F)cc1. The van der Waals surface area contributed by atoms with Gasteiger partial charge < -0.3 is 0 Å². The Balaban J connectivity index is 1.96. The average molecular weight is 298 g/mol. The molecule has 0 aromatic heterocycles. The molecular weight excluding hydrogens is 279 g/mol. The summed E-state index contributed by atoms with van der Waals surface area (Å²) in [6, 6.07) is 15.7. The number of hydrogen-bond donors (Lipinski definition) is 2. The molecule has 0 aliphatic heterocycles. The first kappa shape index (κ1) is 15.8. The maximum absolute atomic E-state index is 13.0. The second-order valence-electron chi connectivity index (χ2n) is 4.87. The van der Waals surface area contributed by atoms with Gasteiger partial charge in [-0.25, -0.2) is 4.39 Å². The summed E-state index contributed by atoms with van der Waals surface area (Å²) in [5.41, 5.74) is 8.12. The summed E-state index contributed by atoms with van der Waals surface area (Å²) in [6.45, 7) is 2.00. The maximum atomic E-state index is 13.0. The van der Waals surface area contributed by atoms with Gasteiger partial charge in [0.25, 0.3) is 0 Å². The summed E-state index contributed by atoms with van der Waals surface area (Å²) < 4.78 is 13.0. The van der Waals surface area contributed by atoms with Gasteiger partial charge >= 0.3 is 0 Å². The predicted molar refractivity (Wildman–Crippen MR) is 86.1 cm³/mol. The van der Waals surface area contributed by atoms with Crippen molar-refractivity contribution in [3.05, 3.63) is 77.6 Å².